The average molecular weight is 179 g/mol. The number of hydrogen-bond acceptors (Lipinski definition) is 3. The molecular weight excluding hydrogens is 170 g/mol. The van der Waals surface area contributed by atoms with Crippen LogP contribution in [0.5, 0.6) is 5.75 Å². The molecule has 0 aromatic carbocycles. The van der Waals surface area contributed by atoms with Gasteiger partial charge in [0.25, 0.3) is 0 Å². The van der Waals surface area contributed by atoms with Crippen molar-refractivity contribution in [2.24, 2.45) is 0 Å². The van der Waals surface area contributed by atoms with E-state index < -0.39 is 0 Å². The standard InChI is InChI=1S/C8H9N3O2/c1-4-6(12)2-5-3-9-8(13)11-7(5)10-4/h2,12H,3H2,1H3,(H2,9,10,11,13). The van der Waals surface area contributed by atoms with Crippen LogP contribution in [0.2, 0.25) is 0 Å². The summed E-state index contributed by atoms with van der Waals surface area (Å²) in [5, 5.41) is 14.5. The van der Waals surface area contributed by atoms with Crippen LogP contribution in [0.4, 0.5) is 10.6 Å². The normalized spacial score (nSPS) is 14.4. The third-order valence-corrected chi connectivity index (χ3v) is 1.94. The Bertz CT molecular complexity index is 376. The zero-order valence-electron chi connectivity index (χ0n) is 7.09. The first-order valence-electron chi connectivity index (χ1n) is 3.91. The van der Waals surface area contributed by atoms with Gasteiger partial charge in [-0.2, -0.15) is 0 Å². The van der Waals surface area contributed by atoms with Crippen LogP contribution in [0.3, 0.4) is 0 Å². The van der Waals surface area contributed by atoms with Crippen molar-refractivity contribution in [2.45, 2.75) is 13.5 Å². The molecule has 13 heavy (non-hydrogen) atoms. The molecular formula is C8H9N3O2. The summed E-state index contributed by atoms with van der Waals surface area (Å²) in [4.78, 5) is 14.9. The number of carbonyl (C=O) groups is 1. The molecule has 5 heteroatoms. The topological polar surface area (TPSA) is 74.2 Å². The fourth-order valence-electron chi connectivity index (χ4n) is 1.20. The molecule has 2 rings (SSSR count). The highest BCUT2D eigenvalue weighted by atomic mass is 16.3. The smallest absolute Gasteiger partial charge is 0.320 e. The first-order chi connectivity index (χ1) is 6.16. The van der Waals surface area contributed by atoms with Gasteiger partial charge in [0.15, 0.2) is 0 Å². The zero-order valence-corrected chi connectivity index (χ0v) is 7.09. The molecule has 2 heterocycles. The van der Waals surface area contributed by atoms with Crippen LogP contribution in [0.1, 0.15) is 11.3 Å². The molecule has 1 aromatic heterocycles. The van der Waals surface area contributed by atoms with Crippen LogP contribution in [0.15, 0.2) is 6.07 Å². The van der Waals surface area contributed by atoms with E-state index in [0.717, 1.165) is 5.56 Å². The third kappa shape index (κ3) is 1.28. The number of rotatable bonds is 0. The summed E-state index contributed by atoms with van der Waals surface area (Å²) in [6.07, 6.45) is 0. The van der Waals surface area contributed by atoms with Crippen LogP contribution in [-0.4, -0.2) is 16.1 Å². The van der Waals surface area contributed by atoms with Gasteiger partial charge >= 0.3 is 6.03 Å². The lowest BCUT2D eigenvalue weighted by atomic mass is 10.2. The second-order valence-corrected chi connectivity index (χ2v) is 2.91. The molecule has 0 bridgehead atoms. The molecule has 1 aliphatic heterocycles. The first-order valence-corrected chi connectivity index (χ1v) is 3.91. The van der Waals surface area contributed by atoms with Crippen molar-refractivity contribution in [3.63, 3.8) is 0 Å². The molecule has 3 N–H and O–H groups in total. The van der Waals surface area contributed by atoms with E-state index in [0.29, 0.717) is 18.1 Å². The summed E-state index contributed by atoms with van der Waals surface area (Å²) < 4.78 is 0. The number of carbonyl (C=O) groups excluding carboxylic acids is 1. The number of nitrogens with zero attached hydrogens (tertiary/aromatic N) is 1. The van der Waals surface area contributed by atoms with E-state index in [1.165, 1.54) is 0 Å². The Labute approximate surface area is 74.8 Å². The van der Waals surface area contributed by atoms with Gasteiger partial charge in [-0.1, -0.05) is 0 Å². The Morgan fingerprint density at radius 1 is 1.62 bits per heavy atom. The quantitative estimate of drug-likeness (QED) is 0.549. The molecule has 0 fully saturated rings. The Morgan fingerprint density at radius 3 is 3.15 bits per heavy atom. The van der Waals surface area contributed by atoms with E-state index in [1.807, 2.05) is 0 Å². The summed E-state index contributed by atoms with van der Waals surface area (Å²) in [5.74, 6) is 0.677. The predicted molar refractivity (Wildman–Crippen MR) is 46.5 cm³/mol. The Hall–Kier alpha value is -1.78. The Balaban J connectivity index is 2.49. The van der Waals surface area contributed by atoms with Gasteiger partial charge < -0.3 is 10.4 Å². The van der Waals surface area contributed by atoms with Crippen LogP contribution in [-0.2, 0) is 6.54 Å². The maximum Gasteiger partial charge on any atom is 0.320 e. The summed E-state index contributed by atoms with van der Waals surface area (Å²) in [6, 6.07) is 1.34. The Morgan fingerprint density at radius 2 is 2.38 bits per heavy atom. The minimum absolute atomic E-state index is 0.150. The van der Waals surface area contributed by atoms with E-state index in [4.69, 9.17) is 0 Å². The van der Waals surface area contributed by atoms with Gasteiger partial charge in [0, 0.05) is 12.1 Å². The lowest BCUT2D eigenvalue weighted by Crippen LogP contribution is -2.34. The summed E-state index contributed by atoms with van der Waals surface area (Å²) in [5.41, 5.74) is 1.31. The second kappa shape index (κ2) is 2.62. The van der Waals surface area contributed by atoms with E-state index in [2.05, 4.69) is 15.6 Å². The van der Waals surface area contributed by atoms with Crippen LogP contribution >= 0.6 is 0 Å². The number of anilines is 1. The second-order valence-electron chi connectivity index (χ2n) is 2.91. The molecule has 0 saturated heterocycles. The van der Waals surface area contributed by atoms with Gasteiger partial charge in [-0.05, 0) is 13.0 Å². The fourth-order valence-corrected chi connectivity index (χ4v) is 1.20. The van der Waals surface area contributed by atoms with Crippen LogP contribution < -0.4 is 10.6 Å². The van der Waals surface area contributed by atoms with Crippen molar-refractivity contribution in [2.75, 3.05) is 5.32 Å². The predicted octanol–water partition coefficient (Wildman–Crippen LogP) is 0.731. The molecule has 0 spiro atoms. The van der Waals surface area contributed by atoms with Crippen molar-refractivity contribution in [3.8, 4) is 5.75 Å². The fraction of sp³-hybridized carbons (Fsp3) is 0.250. The molecule has 1 aromatic rings. The summed E-state index contributed by atoms with van der Waals surface area (Å²) >= 11 is 0. The number of aromatic nitrogens is 1. The van der Waals surface area contributed by atoms with Crippen molar-refractivity contribution >= 4 is 11.8 Å². The van der Waals surface area contributed by atoms with E-state index in [-0.39, 0.29) is 11.8 Å². The number of aryl methyl sites for hydroxylation is 1. The maximum absolute atomic E-state index is 10.9. The lowest BCUT2D eigenvalue weighted by Gasteiger charge is -2.17. The minimum Gasteiger partial charge on any atom is -0.506 e. The molecule has 0 saturated carbocycles. The highest BCUT2D eigenvalue weighted by Crippen LogP contribution is 2.23. The molecule has 0 aliphatic carbocycles. The number of urea groups is 1. The van der Waals surface area contributed by atoms with Gasteiger partial charge in [-0.25, -0.2) is 9.78 Å². The summed E-state index contributed by atoms with van der Waals surface area (Å²) in [6.45, 7) is 2.09. The SMILES string of the molecule is Cc1nc2c(cc1O)CNC(=O)N2. The maximum atomic E-state index is 10.9. The van der Waals surface area contributed by atoms with Crippen molar-refractivity contribution in [3.05, 3.63) is 17.3 Å². The van der Waals surface area contributed by atoms with E-state index >= 15 is 0 Å². The van der Waals surface area contributed by atoms with Crippen molar-refractivity contribution < 1.29 is 9.90 Å². The average Bonchev–Trinajstić information content (AvgIpc) is 2.08. The van der Waals surface area contributed by atoms with Gasteiger partial charge in [-0.15, -0.1) is 0 Å². The summed E-state index contributed by atoms with van der Waals surface area (Å²) in [7, 11) is 0. The zero-order chi connectivity index (χ0) is 9.42. The lowest BCUT2D eigenvalue weighted by molar-refractivity contribution is 0.250. The molecule has 0 atom stereocenters. The highest BCUT2D eigenvalue weighted by molar-refractivity contribution is 5.91. The van der Waals surface area contributed by atoms with Gasteiger partial charge in [0.2, 0.25) is 0 Å². The number of fused-ring (bicyclic) bond motifs is 1. The monoisotopic (exact) mass is 179 g/mol. The third-order valence-electron chi connectivity index (χ3n) is 1.94. The molecule has 0 unspecified atom stereocenters. The molecule has 2 amide bonds. The van der Waals surface area contributed by atoms with Crippen LogP contribution in [0.25, 0.3) is 0 Å². The number of amides is 2. The van der Waals surface area contributed by atoms with Crippen molar-refractivity contribution in [1.82, 2.24) is 10.3 Å². The first kappa shape index (κ1) is 7.85. The molecule has 1 aliphatic rings. The number of nitrogens with one attached hydrogen (secondary N) is 2. The number of aromatic hydroxyl groups is 1. The largest absolute Gasteiger partial charge is 0.506 e. The van der Waals surface area contributed by atoms with Gasteiger partial charge in [0.1, 0.15) is 11.6 Å². The number of pyridine rings is 1. The van der Waals surface area contributed by atoms with Gasteiger partial charge in [-0.3, -0.25) is 5.32 Å². The minimum atomic E-state index is -0.259. The van der Waals surface area contributed by atoms with Crippen molar-refractivity contribution in [1.29, 1.82) is 0 Å². The molecule has 0 radical (unpaired) electrons. The van der Waals surface area contributed by atoms with Crippen LogP contribution in [0, 0.1) is 6.92 Å². The van der Waals surface area contributed by atoms with E-state index in [9.17, 15) is 9.90 Å². The number of hydrogen-bond donors (Lipinski definition) is 3. The Kier molecular flexibility index (Phi) is 1.58. The van der Waals surface area contributed by atoms with Gasteiger partial charge in [0.05, 0.1) is 5.69 Å². The molecule has 5 nitrogen and oxygen atoms in total. The molecule has 68 valence electrons. The highest BCUT2D eigenvalue weighted by Gasteiger charge is 2.16. The van der Waals surface area contributed by atoms with E-state index in [1.54, 1.807) is 13.0 Å².